The summed E-state index contributed by atoms with van der Waals surface area (Å²) in [6, 6.07) is 11.9. The van der Waals surface area contributed by atoms with Crippen LogP contribution in [-0.2, 0) is 4.79 Å². The van der Waals surface area contributed by atoms with E-state index in [9.17, 15) is 14.7 Å². The lowest BCUT2D eigenvalue weighted by Crippen LogP contribution is -2.28. The van der Waals surface area contributed by atoms with Crippen LogP contribution in [0.1, 0.15) is 10.4 Å². The van der Waals surface area contributed by atoms with Crippen molar-refractivity contribution in [1.29, 1.82) is 0 Å². The number of amides is 2. The second-order valence-electron chi connectivity index (χ2n) is 6.00. The molecule has 0 spiro atoms. The number of azo groups is 1. The SMILES string of the molecule is O=C(CNC(=O)c1ccc2c(c1)OCCO2)N=Nc1c(O)[nH]c2ccccc12. The lowest BCUT2D eigenvalue weighted by Gasteiger charge is -2.18. The van der Waals surface area contributed by atoms with Crippen molar-refractivity contribution in [2.24, 2.45) is 10.2 Å². The maximum Gasteiger partial charge on any atom is 0.283 e. The number of hydrogen-bond acceptors (Lipinski definition) is 6. The maximum atomic E-state index is 12.2. The van der Waals surface area contributed by atoms with Crippen LogP contribution in [0.5, 0.6) is 17.4 Å². The Balaban J connectivity index is 1.39. The number of rotatable bonds is 4. The highest BCUT2D eigenvalue weighted by molar-refractivity contribution is 5.97. The van der Waals surface area contributed by atoms with Crippen LogP contribution in [0.3, 0.4) is 0 Å². The van der Waals surface area contributed by atoms with Crippen LogP contribution < -0.4 is 14.8 Å². The summed E-state index contributed by atoms with van der Waals surface area (Å²) in [5.41, 5.74) is 1.18. The van der Waals surface area contributed by atoms with E-state index >= 15 is 0 Å². The predicted octanol–water partition coefficient (Wildman–Crippen LogP) is 2.69. The van der Waals surface area contributed by atoms with E-state index in [0.717, 1.165) is 0 Å². The van der Waals surface area contributed by atoms with Gasteiger partial charge in [-0.2, -0.15) is 0 Å². The Bertz CT molecular complexity index is 1090. The molecule has 9 heteroatoms. The first-order valence-corrected chi connectivity index (χ1v) is 8.54. The standard InChI is InChI=1S/C19H16N4O5/c24-16(22-23-17-12-3-1-2-4-13(12)21-19(17)26)10-20-18(25)11-5-6-14-15(9-11)28-8-7-27-14/h1-6,9,21,26H,7-8,10H2,(H,20,25). The van der Waals surface area contributed by atoms with Gasteiger partial charge in [0.1, 0.15) is 19.8 Å². The van der Waals surface area contributed by atoms with Gasteiger partial charge in [-0.15, -0.1) is 10.2 Å². The summed E-state index contributed by atoms with van der Waals surface area (Å²) in [7, 11) is 0. The third kappa shape index (κ3) is 3.50. The molecule has 1 aromatic heterocycles. The Kier molecular flexibility index (Phi) is 4.63. The van der Waals surface area contributed by atoms with E-state index in [1.54, 1.807) is 42.5 Å². The largest absolute Gasteiger partial charge is 0.493 e. The van der Waals surface area contributed by atoms with Gasteiger partial charge in [-0.25, -0.2) is 0 Å². The molecule has 0 fully saturated rings. The molecule has 0 aliphatic carbocycles. The average Bonchev–Trinajstić information content (AvgIpc) is 3.05. The molecule has 0 saturated heterocycles. The zero-order chi connectivity index (χ0) is 19.5. The predicted molar refractivity (Wildman–Crippen MR) is 99.3 cm³/mol. The molecular formula is C19H16N4O5. The maximum absolute atomic E-state index is 12.2. The number of benzene rings is 2. The van der Waals surface area contributed by atoms with Gasteiger partial charge in [-0.3, -0.25) is 9.59 Å². The Labute approximate surface area is 159 Å². The van der Waals surface area contributed by atoms with Crippen molar-refractivity contribution < 1.29 is 24.2 Å². The first kappa shape index (κ1) is 17.5. The lowest BCUT2D eigenvalue weighted by molar-refractivity contribution is -0.117. The number of aromatic hydroxyl groups is 1. The smallest absolute Gasteiger partial charge is 0.283 e. The van der Waals surface area contributed by atoms with Gasteiger partial charge in [0.05, 0.1) is 5.52 Å². The van der Waals surface area contributed by atoms with Crippen LogP contribution in [0.4, 0.5) is 5.69 Å². The topological polar surface area (TPSA) is 125 Å². The van der Waals surface area contributed by atoms with Crippen LogP contribution in [-0.4, -0.2) is 41.7 Å². The zero-order valence-electron chi connectivity index (χ0n) is 14.6. The number of carbonyl (C=O) groups is 2. The third-order valence-electron chi connectivity index (χ3n) is 4.13. The number of aromatic nitrogens is 1. The summed E-state index contributed by atoms with van der Waals surface area (Å²) < 4.78 is 10.8. The van der Waals surface area contributed by atoms with Crippen LogP contribution in [0.15, 0.2) is 52.7 Å². The van der Waals surface area contributed by atoms with Gasteiger partial charge < -0.3 is 24.9 Å². The number of fused-ring (bicyclic) bond motifs is 2. The first-order chi connectivity index (χ1) is 13.6. The minimum Gasteiger partial charge on any atom is -0.493 e. The van der Waals surface area contributed by atoms with Crippen LogP contribution in [0.2, 0.25) is 0 Å². The van der Waals surface area contributed by atoms with Gasteiger partial charge in [0.15, 0.2) is 17.2 Å². The zero-order valence-corrected chi connectivity index (χ0v) is 14.6. The molecule has 3 aromatic rings. The number of hydrogen-bond donors (Lipinski definition) is 3. The molecule has 2 heterocycles. The molecule has 0 saturated carbocycles. The molecular weight excluding hydrogens is 364 g/mol. The van der Waals surface area contributed by atoms with Crippen molar-refractivity contribution in [2.75, 3.05) is 19.8 Å². The third-order valence-corrected chi connectivity index (χ3v) is 4.13. The molecule has 4 rings (SSSR count). The molecule has 0 bridgehead atoms. The van der Waals surface area contributed by atoms with Crippen molar-refractivity contribution in [3.8, 4) is 17.4 Å². The molecule has 9 nitrogen and oxygen atoms in total. The quantitative estimate of drug-likeness (QED) is 0.600. The van der Waals surface area contributed by atoms with Gasteiger partial charge in [0.25, 0.3) is 11.8 Å². The molecule has 3 N–H and O–H groups in total. The summed E-state index contributed by atoms with van der Waals surface area (Å²) in [5, 5.41) is 20.4. The molecule has 0 radical (unpaired) electrons. The number of ether oxygens (including phenoxy) is 2. The number of aromatic amines is 1. The van der Waals surface area contributed by atoms with Gasteiger partial charge in [-0.05, 0) is 24.3 Å². The molecule has 1 aliphatic rings. The molecule has 142 valence electrons. The molecule has 0 unspecified atom stereocenters. The van der Waals surface area contributed by atoms with Crippen molar-refractivity contribution in [3.63, 3.8) is 0 Å². The summed E-state index contributed by atoms with van der Waals surface area (Å²) in [5.74, 6) is -0.227. The highest BCUT2D eigenvalue weighted by atomic mass is 16.6. The van der Waals surface area contributed by atoms with Crippen molar-refractivity contribution in [3.05, 3.63) is 48.0 Å². The van der Waals surface area contributed by atoms with E-state index < -0.39 is 11.8 Å². The van der Waals surface area contributed by atoms with E-state index in [0.29, 0.717) is 41.2 Å². The monoisotopic (exact) mass is 380 g/mol. The van der Waals surface area contributed by atoms with Crippen molar-refractivity contribution in [2.45, 2.75) is 0 Å². The van der Waals surface area contributed by atoms with E-state index in [4.69, 9.17) is 9.47 Å². The van der Waals surface area contributed by atoms with Gasteiger partial charge >= 0.3 is 0 Å². The summed E-state index contributed by atoms with van der Waals surface area (Å²) >= 11 is 0. The number of nitrogens with one attached hydrogen (secondary N) is 2. The van der Waals surface area contributed by atoms with E-state index in [2.05, 4.69) is 20.5 Å². The van der Waals surface area contributed by atoms with Gasteiger partial charge in [-0.1, -0.05) is 18.2 Å². The van der Waals surface area contributed by atoms with Crippen LogP contribution in [0.25, 0.3) is 10.9 Å². The Morgan fingerprint density at radius 2 is 1.89 bits per heavy atom. The average molecular weight is 380 g/mol. The van der Waals surface area contributed by atoms with Crippen LogP contribution in [0, 0.1) is 0 Å². The van der Waals surface area contributed by atoms with Crippen molar-refractivity contribution in [1.82, 2.24) is 10.3 Å². The number of carbonyl (C=O) groups excluding carboxylic acids is 2. The van der Waals surface area contributed by atoms with Crippen LogP contribution >= 0.6 is 0 Å². The highest BCUT2D eigenvalue weighted by Gasteiger charge is 2.16. The minimum absolute atomic E-state index is 0.169. The number of H-pyrrole nitrogens is 1. The number of nitrogens with zero attached hydrogens (tertiary/aromatic N) is 2. The first-order valence-electron chi connectivity index (χ1n) is 8.54. The lowest BCUT2D eigenvalue weighted by atomic mass is 10.2. The van der Waals surface area contributed by atoms with E-state index in [-0.39, 0.29) is 18.1 Å². The second-order valence-corrected chi connectivity index (χ2v) is 6.00. The Hall–Kier alpha value is -3.88. The molecule has 0 atom stereocenters. The van der Waals surface area contributed by atoms with E-state index in [1.807, 2.05) is 0 Å². The van der Waals surface area contributed by atoms with Gasteiger partial charge in [0.2, 0.25) is 5.88 Å². The molecule has 2 aromatic carbocycles. The summed E-state index contributed by atoms with van der Waals surface area (Å²) in [6.07, 6.45) is 0. The normalized spacial score (nSPS) is 13.0. The Morgan fingerprint density at radius 3 is 2.75 bits per heavy atom. The van der Waals surface area contributed by atoms with Crippen molar-refractivity contribution >= 4 is 28.4 Å². The highest BCUT2D eigenvalue weighted by Crippen LogP contribution is 2.35. The van der Waals surface area contributed by atoms with Gasteiger partial charge in [0, 0.05) is 10.9 Å². The fraction of sp³-hybridized carbons (Fsp3) is 0.158. The minimum atomic E-state index is -0.657. The second kappa shape index (κ2) is 7.39. The molecule has 28 heavy (non-hydrogen) atoms. The summed E-state index contributed by atoms with van der Waals surface area (Å²) in [6.45, 7) is 0.543. The van der Waals surface area contributed by atoms with E-state index in [1.165, 1.54) is 0 Å². The summed E-state index contributed by atoms with van der Waals surface area (Å²) in [4.78, 5) is 26.9. The molecule has 1 aliphatic heterocycles. The fourth-order valence-corrected chi connectivity index (χ4v) is 2.80. The number of para-hydroxylation sites is 1. The Morgan fingerprint density at radius 1 is 1.11 bits per heavy atom. The fourth-order valence-electron chi connectivity index (χ4n) is 2.80. The molecule has 2 amide bonds.